The molecule has 1 aromatic heterocycles. The molecule has 1 aliphatic rings. The van der Waals surface area contributed by atoms with Crippen LogP contribution >= 0.6 is 0 Å². The quantitative estimate of drug-likeness (QED) is 0.897. The standard InChI is InChI=1S/C12H19N3O2S/c1-3-17-12-9(2)11(13-8-14-12)15-10-4-6-18(16)7-5-10/h8,10H,3-7H2,1-2H3,(H,13,14,15). The molecule has 100 valence electrons. The van der Waals surface area contributed by atoms with E-state index < -0.39 is 10.8 Å². The number of nitrogens with one attached hydrogen (secondary N) is 1. The van der Waals surface area contributed by atoms with Crippen LogP contribution in [0.15, 0.2) is 6.33 Å². The first-order valence-corrected chi connectivity index (χ1v) is 7.75. The fraction of sp³-hybridized carbons (Fsp3) is 0.667. The first-order valence-electron chi connectivity index (χ1n) is 6.26. The second-order valence-corrected chi connectivity index (χ2v) is 6.05. The Morgan fingerprint density at radius 2 is 2.17 bits per heavy atom. The third kappa shape index (κ3) is 3.19. The van der Waals surface area contributed by atoms with Crippen molar-refractivity contribution in [2.75, 3.05) is 23.4 Å². The van der Waals surface area contributed by atoms with Gasteiger partial charge in [-0.3, -0.25) is 4.21 Å². The second-order valence-electron chi connectivity index (χ2n) is 4.35. The molecule has 0 unspecified atom stereocenters. The number of ether oxygens (including phenoxy) is 1. The topological polar surface area (TPSA) is 64.1 Å². The van der Waals surface area contributed by atoms with Crippen LogP contribution in [0.5, 0.6) is 5.88 Å². The molecule has 6 heteroatoms. The van der Waals surface area contributed by atoms with Crippen molar-refractivity contribution in [2.24, 2.45) is 0 Å². The highest BCUT2D eigenvalue weighted by Gasteiger charge is 2.19. The molecule has 0 radical (unpaired) electrons. The average molecular weight is 269 g/mol. The van der Waals surface area contributed by atoms with E-state index in [0.29, 0.717) is 18.5 Å². The normalized spacial score (nSPS) is 23.7. The molecule has 1 aromatic rings. The van der Waals surface area contributed by atoms with E-state index in [-0.39, 0.29) is 0 Å². The molecule has 1 fully saturated rings. The molecule has 0 atom stereocenters. The van der Waals surface area contributed by atoms with Crippen molar-refractivity contribution in [3.8, 4) is 5.88 Å². The Morgan fingerprint density at radius 1 is 1.44 bits per heavy atom. The van der Waals surface area contributed by atoms with E-state index in [2.05, 4.69) is 15.3 Å². The number of nitrogens with zero attached hydrogens (tertiary/aromatic N) is 2. The molecule has 0 aliphatic carbocycles. The predicted octanol–water partition coefficient (Wildman–Crippen LogP) is 1.51. The molecule has 0 spiro atoms. The molecule has 18 heavy (non-hydrogen) atoms. The van der Waals surface area contributed by atoms with Crippen molar-refractivity contribution < 1.29 is 8.95 Å². The summed E-state index contributed by atoms with van der Waals surface area (Å²) < 4.78 is 16.7. The van der Waals surface area contributed by atoms with Gasteiger partial charge in [0.15, 0.2) is 0 Å². The SMILES string of the molecule is CCOc1ncnc(NC2CCS(=O)CC2)c1C. The van der Waals surface area contributed by atoms with Crippen molar-refractivity contribution in [3.63, 3.8) is 0 Å². The lowest BCUT2D eigenvalue weighted by molar-refractivity contribution is 0.323. The van der Waals surface area contributed by atoms with Gasteiger partial charge >= 0.3 is 0 Å². The first kappa shape index (κ1) is 13.3. The Labute approximate surface area is 110 Å². The summed E-state index contributed by atoms with van der Waals surface area (Å²) in [7, 11) is -0.629. The van der Waals surface area contributed by atoms with Gasteiger partial charge in [-0.15, -0.1) is 0 Å². The van der Waals surface area contributed by atoms with Crippen LogP contribution < -0.4 is 10.1 Å². The molecule has 2 heterocycles. The Balaban J connectivity index is 2.04. The minimum absolute atomic E-state index is 0.353. The number of aromatic nitrogens is 2. The molecular formula is C12H19N3O2S. The van der Waals surface area contributed by atoms with E-state index in [1.807, 2.05) is 13.8 Å². The van der Waals surface area contributed by atoms with E-state index in [4.69, 9.17) is 4.74 Å². The van der Waals surface area contributed by atoms with E-state index >= 15 is 0 Å². The largest absolute Gasteiger partial charge is 0.478 e. The van der Waals surface area contributed by atoms with Gasteiger partial charge in [0.05, 0.1) is 12.2 Å². The van der Waals surface area contributed by atoms with E-state index in [9.17, 15) is 4.21 Å². The maximum Gasteiger partial charge on any atom is 0.221 e. The highest BCUT2D eigenvalue weighted by molar-refractivity contribution is 7.85. The van der Waals surface area contributed by atoms with Gasteiger partial charge in [0.25, 0.3) is 0 Å². The van der Waals surface area contributed by atoms with Crippen molar-refractivity contribution in [1.82, 2.24) is 9.97 Å². The van der Waals surface area contributed by atoms with Crippen LogP contribution in [0.3, 0.4) is 0 Å². The summed E-state index contributed by atoms with van der Waals surface area (Å²) >= 11 is 0. The maximum absolute atomic E-state index is 11.3. The van der Waals surface area contributed by atoms with Gasteiger partial charge in [-0.25, -0.2) is 9.97 Å². The molecule has 5 nitrogen and oxygen atoms in total. The number of hydrogen-bond acceptors (Lipinski definition) is 5. The highest BCUT2D eigenvalue weighted by Crippen LogP contribution is 2.23. The van der Waals surface area contributed by atoms with Crippen molar-refractivity contribution >= 4 is 16.6 Å². The smallest absolute Gasteiger partial charge is 0.221 e. The van der Waals surface area contributed by atoms with Gasteiger partial charge in [0.2, 0.25) is 5.88 Å². The van der Waals surface area contributed by atoms with Crippen molar-refractivity contribution in [1.29, 1.82) is 0 Å². The van der Waals surface area contributed by atoms with Crippen LogP contribution in [0.25, 0.3) is 0 Å². The van der Waals surface area contributed by atoms with E-state index in [1.54, 1.807) is 0 Å². The van der Waals surface area contributed by atoms with Crippen LogP contribution in [-0.2, 0) is 10.8 Å². The molecule has 1 N–H and O–H groups in total. The average Bonchev–Trinajstić information content (AvgIpc) is 2.37. The van der Waals surface area contributed by atoms with Crippen molar-refractivity contribution in [3.05, 3.63) is 11.9 Å². The van der Waals surface area contributed by atoms with Gasteiger partial charge < -0.3 is 10.1 Å². The molecule has 0 amide bonds. The lowest BCUT2D eigenvalue weighted by Crippen LogP contribution is -2.30. The molecule has 2 rings (SSSR count). The Bertz CT molecular complexity index is 429. The Morgan fingerprint density at radius 3 is 2.83 bits per heavy atom. The molecule has 0 bridgehead atoms. The maximum atomic E-state index is 11.3. The summed E-state index contributed by atoms with van der Waals surface area (Å²) in [5.41, 5.74) is 0.936. The zero-order valence-corrected chi connectivity index (χ0v) is 11.6. The second kappa shape index (κ2) is 6.13. The minimum Gasteiger partial charge on any atom is -0.478 e. The van der Waals surface area contributed by atoms with E-state index in [1.165, 1.54) is 6.33 Å². The third-order valence-corrected chi connectivity index (χ3v) is 4.43. The summed E-state index contributed by atoms with van der Waals surface area (Å²) in [6.07, 6.45) is 3.38. The number of anilines is 1. The molecule has 1 aliphatic heterocycles. The lowest BCUT2D eigenvalue weighted by Gasteiger charge is -2.24. The molecular weight excluding hydrogens is 250 g/mol. The molecule has 1 saturated heterocycles. The summed E-state index contributed by atoms with van der Waals surface area (Å²) in [4.78, 5) is 8.37. The van der Waals surface area contributed by atoms with Gasteiger partial charge in [-0.1, -0.05) is 0 Å². The van der Waals surface area contributed by atoms with Crippen LogP contribution in [0.1, 0.15) is 25.3 Å². The summed E-state index contributed by atoms with van der Waals surface area (Å²) in [5, 5.41) is 3.40. The lowest BCUT2D eigenvalue weighted by atomic mass is 10.1. The third-order valence-electron chi connectivity index (χ3n) is 3.05. The van der Waals surface area contributed by atoms with Crippen molar-refractivity contribution in [2.45, 2.75) is 32.7 Å². The molecule has 0 saturated carbocycles. The van der Waals surface area contributed by atoms with Crippen LogP contribution in [0.2, 0.25) is 0 Å². The Kier molecular flexibility index (Phi) is 4.52. The van der Waals surface area contributed by atoms with Crippen LogP contribution in [-0.4, -0.2) is 38.3 Å². The fourth-order valence-electron chi connectivity index (χ4n) is 1.99. The van der Waals surface area contributed by atoms with E-state index in [0.717, 1.165) is 35.7 Å². The fourth-order valence-corrected chi connectivity index (χ4v) is 3.29. The van der Waals surface area contributed by atoms with Gasteiger partial charge in [0, 0.05) is 28.3 Å². The van der Waals surface area contributed by atoms with Gasteiger partial charge in [-0.2, -0.15) is 0 Å². The predicted molar refractivity (Wildman–Crippen MR) is 72.5 cm³/mol. The van der Waals surface area contributed by atoms with Gasteiger partial charge in [-0.05, 0) is 26.7 Å². The first-order chi connectivity index (χ1) is 8.70. The summed E-state index contributed by atoms with van der Waals surface area (Å²) in [6, 6.07) is 0.353. The monoisotopic (exact) mass is 269 g/mol. The van der Waals surface area contributed by atoms with Crippen LogP contribution in [0.4, 0.5) is 5.82 Å². The summed E-state index contributed by atoms with van der Waals surface area (Å²) in [6.45, 7) is 4.49. The highest BCUT2D eigenvalue weighted by atomic mass is 32.2. The van der Waals surface area contributed by atoms with Gasteiger partial charge in [0.1, 0.15) is 12.1 Å². The number of hydrogen-bond donors (Lipinski definition) is 1. The zero-order valence-electron chi connectivity index (χ0n) is 10.8. The zero-order chi connectivity index (χ0) is 13.0. The van der Waals surface area contributed by atoms with Crippen LogP contribution in [0, 0.1) is 6.92 Å². The molecule has 0 aromatic carbocycles. The summed E-state index contributed by atoms with van der Waals surface area (Å²) in [5.74, 6) is 3.01. The number of rotatable bonds is 4. The minimum atomic E-state index is -0.629. The Hall–Kier alpha value is -1.17.